The quantitative estimate of drug-likeness (QED) is 0.186. The number of hydrogen-bond donors (Lipinski definition) is 5. The summed E-state index contributed by atoms with van der Waals surface area (Å²) in [5.41, 5.74) is 6.75. The van der Waals surface area contributed by atoms with E-state index in [1.54, 1.807) is 18.2 Å². The van der Waals surface area contributed by atoms with Crippen molar-refractivity contribution in [1.29, 1.82) is 0 Å². The van der Waals surface area contributed by atoms with E-state index in [-0.39, 0.29) is 35.7 Å². The monoisotopic (exact) mass is 747 g/mol. The van der Waals surface area contributed by atoms with Gasteiger partial charge in [-0.05, 0) is 61.6 Å². The Morgan fingerprint density at radius 2 is 1.74 bits per heavy atom. The third-order valence-electron chi connectivity index (χ3n) is 10.3. The number of primary amides is 1. The van der Waals surface area contributed by atoms with Crippen molar-refractivity contribution in [3.05, 3.63) is 65.1 Å². The number of aromatic nitrogens is 3. The molecule has 16 nitrogen and oxygen atoms in total. The highest BCUT2D eigenvalue weighted by Crippen LogP contribution is 2.29. The van der Waals surface area contributed by atoms with Gasteiger partial charge in [0.2, 0.25) is 11.8 Å². The maximum atomic E-state index is 15.5. The van der Waals surface area contributed by atoms with Crippen molar-refractivity contribution >= 4 is 46.5 Å². The topological polar surface area (TPSA) is 200 Å². The summed E-state index contributed by atoms with van der Waals surface area (Å²) in [7, 11) is 0. The third kappa shape index (κ3) is 8.55. The van der Waals surface area contributed by atoms with E-state index in [2.05, 4.69) is 46.2 Å². The molecule has 1 aromatic heterocycles. The Labute approximate surface area is 310 Å². The molecule has 54 heavy (non-hydrogen) atoms. The number of halogens is 2. The number of imide groups is 1. The molecule has 4 saturated heterocycles. The molecular weight excluding hydrogens is 704 g/mol. The van der Waals surface area contributed by atoms with Crippen LogP contribution in [0.3, 0.4) is 0 Å². The molecule has 0 spiro atoms. The van der Waals surface area contributed by atoms with Crippen molar-refractivity contribution in [2.24, 2.45) is 11.7 Å². The van der Waals surface area contributed by atoms with Gasteiger partial charge in [-0.25, -0.2) is 13.8 Å². The average molecular weight is 748 g/mol. The van der Waals surface area contributed by atoms with E-state index in [1.165, 1.54) is 18.2 Å². The van der Waals surface area contributed by atoms with Crippen LogP contribution in [0.5, 0.6) is 0 Å². The van der Waals surface area contributed by atoms with Gasteiger partial charge in [-0.1, -0.05) is 0 Å². The van der Waals surface area contributed by atoms with Crippen LogP contribution in [0.2, 0.25) is 0 Å². The van der Waals surface area contributed by atoms with Crippen LogP contribution in [0.15, 0.2) is 36.4 Å². The highest BCUT2D eigenvalue weighted by atomic mass is 19.1. The summed E-state index contributed by atoms with van der Waals surface area (Å²) in [6.07, 6.45) is 1.70. The van der Waals surface area contributed by atoms with Crippen LogP contribution in [0.25, 0.3) is 0 Å². The molecule has 0 bridgehead atoms. The van der Waals surface area contributed by atoms with Gasteiger partial charge in [0.15, 0.2) is 17.3 Å². The number of nitrogens with zero attached hydrogens (tertiary/aromatic N) is 6. The Kier molecular flexibility index (Phi) is 11.2. The second kappa shape index (κ2) is 16.4. The number of carbonyl (C=O) groups is 4. The Morgan fingerprint density at radius 1 is 0.944 bits per heavy atom. The lowest BCUT2D eigenvalue weighted by molar-refractivity contribution is -0.134. The number of anilines is 4. The second-order valence-corrected chi connectivity index (χ2v) is 13.9. The molecule has 4 aliphatic heterocycles. The molecular formula is C36H43F2N11O5. The first kappa shape index (κ1) is 37.0. The molecule has 3 aromatic rings. The van der Waals surface area contributed by atoms with E-state index in [4.69, 9.17) is 10.5 Å². The highest BCUT2D eigenvalue weighted by molar-refractivity contribution is 6.04. The zero-order valence-corrected chi connectivity index (χ0v) is 29.7. The molecule has 2 atom stereocenters. The van der Waals surface area contributed by atoms with Crippen LogP contribution in [0.1, 0.15) is 58.5 Å². The number of carbonyl (C=O) groups excluding carboxylic acids is 4. The van der Waals surface area contributed by atoms with Gasteiger partial charge in [-0.2, -0.15) is 0 Å². The van der Waals surface area contributed by atoms with E-state index in [1.807, 2.05) is 4.90 Å². The first-order valence-corrected chi connectivity index (χ1v) is 18.2. The van der Waals surface area contributed by atoms with Crippen LogP contribution in [0, 0.1) is 17.6 Å². The maximum Gasteiger partial charge on any atom is 0.273 e. The van der Waals surface area contributed by atoms with E-state index in [0.717, 1.165) is 45.6 Å². The molecule has 2 unspecified atom stereocenters. The summed E-state index contributed by atoms with van der Waals surface area (Å²) in [4.78, 5) is 59.0. The summed E-state index contributed by atoms with van der Waals surface area (Å²) in [6.45, 7) is 6.97. The van der Waals surface area contributed by atoms with Gasteiger partial charge in [0.1, 0.15) is 23.8 Å². The van der Waals surface area contributed by atoms with Crippen LogP contribution in [0.4, 0.5) is 31.7 Å². The molecule has 2 aromatic carbocycles. The average Bonchev–Trinajstić information content (AvgIpc) is 3.17. The van der Waals surface area contributed by atoms with Crippen molar-refractivity contribution in [2.75, 3.05) is 80.6 Å². The van der Waals surface area contributed by atoms with Crippen LogP contribution in [-0.2, 0) is 14.3 Å². The van der Waals surface area contributed by atoms with Crippen molar-refractivity contribution in [2.45, 2.75) is 37.8 Å². The van der Waals surface area contributed by atoms with Gasteiger partial charge in [0.25, 0.3) is 11.8 Å². The van der Waals surface area contributed by atoms with Crippen molar-refractivity contribution in [3.63, 3.8) is 0 Å². The lowest BCUT2D eigenvalue weighted by Gasteiger charge is -2.40. The van der Waals surface area contributed by atoms with Crippen molar-refractivity contribution < 1.29 is 32.7 Å². The molecule has 286 valence electrons. The summed E-state index contributed by atoms with van der Waals surface area (Å²) >= 11 is 0. The SMILES string of the molecule is NC(=O)c1nnc(C2CNCCO2)nc1Nc1ccc(N2CCN(CC3CCN(c4ccc(C(=O)NC5CCC(=O)NC5=O)c(F)c4)CC3)CC2)c(F)c1. The van der Waals surface area contributed by atoms with Gasteiger partial charge in [0.05, 0.1) is 17.9 Å². The van der Waals surface area contributed by atoms with E-state index < -0.39 is 47.4 Å². The second-order valence-electron chi connectivity index (χ2n) is 13.9. The number of benzene rings is 2. The first-order chi connectivity index (χ1) is 26.1. The Morgan fingerprint density at radius 3 is 2.43 bits per heavy atom. The summed E-state index contributed by atoms with van der Waals surface area (Å²) in [6, 6.07) is 8.41. The molecule has 4 fully saturated rings. The molecule has 4 amide bonds. The predicted molar refractivity (Wildman–Crippen MR) is 193 cm³/mol. The Hall–Kier alpha value is -5.33. The summed E-state index contributed by atoms with van der Waals surface area (Å²) in [5, 5.41) is 18.8. The minimum atomic E-state index is -0.878. The minimum absolute atomic E-state index is 0.0754. The smallest absolute Gasteiger partial charge is 0.273 e. The zero-order chi connectivity index (χ0) is 37.8. The fraction of sp³-hybridized carbons (Fsp3) is 0.472. The maximum absolute atomic E-state index is 15.5. The fourth-order valence-electron chi connectivity index (χ4n) is 7.30. The Balaban J connectivity index is 0.878. The number of nitrogens with one attached hydrogen (secondary N) is 4. The molecule has 4 aliphatic rings. The number of ether oxygens (including phenoxy) is 1. The number of morpholine rings is 1. The van der Waals surface area contributed by atoms with Gasteiger partial charge in [-0.3, -0.25) is 29.4 Å². The van der Waals surface area contributed by atoms with Gasteiger partial charge in [-0.15, -0.1) is 10.2 Å². The normalized spacial score (nSPS) is 21.4. The van der Waals surface area contributed by atoms with E-state index >= 15 is 8.78 Å². The predicted octanol–water partition coefficient (Wildman–Crippen LogP) is 1.23. The molecule has 0 saturated carbocycles. The number of amides is 4. The van der Waals surface area contributed by atoms with Crippen molar-refractivity contribution in [3.8, 4) is 0 Å². The zero-order valence-electron chi connectivity index (χ0n) is 29.7. The standard InChI is InChI=1S/C36H43F2N11O5/c37-25-18-23(2-3-24(25)35(52)42-27-4-6-30(50)43-36(27)53)48-10-7-21(8-11-48)20-47-12-14-49(15-13-47)28-5-1-22(17-26(28)38)41-34-31(32(39)51)45-46-33(44-34)29-19-40-9-16-54-29/h1-3,5,17-18,21,27,29,40H,4,6-16,19-20H2,(H2,39,51)(H,42,52)(H,41,44,46)(H,43,50,53). The highest BCUT2D eigenvalue weighted by Gasteiger charge is 2.30. The molecule has 18 heteroatoms. The number of rotatable bonds is 10. The van der Waals surface area contributed by atoms with E-state index in [0.29, 0.717) is 55.8 Å². The van der Waals surface area contributed by atoms with Crippen LogP contribution in [-0.4, -0.2) is 115 Å². The Bertz CT molecular complexity index is 1900. The number of piperazine rings is 1. The molecule has 6 N–H and O–H groups in total. The molecule has 0 radical (unpaired) electrons. The van der Waals surface area contributed by atoms with Crippen LogP contribution >= 0.6 is 0 Å². The van der Waals surface area contributed by atoms with Gasteiger partial charge < -0.3 is 36.2 Å². The van der Waals surface area contributed by atoms with E-state index in [9.17, 15) is 19.2 Å². The van der Waals surface area contributed by atoms with Gasteiger partial charge >= 0.3 is 0 Å². The minimum Gasteiger partial charge on any atom is -0.371 e. The summed E-state index contributed by atoms with van der Waals surface area (Å²) in [5.74, 6) is -2.75. The number of hydrogen-bond acceptors (Lipinski definition) is 13. The van der Waals surface area contributed by atoms with Gasteiger partial charge in [0, 0.05) is 76.7 Å². The number of piperidine rings is 2. The fourth-order valence-corrected chi connectivity index (χ4v) is 7.30. The first-order valence-electron chi connectivity index (χ1n) is 18.2. The molecule has 7 rings (SSSR count). The third-order valence-corrected chi connectivity index (χ3v) is 10.3. The van der Waals surface area contributed by atoms with Crippen LogP contribution < -0.4 is 36.8 Å². The lowest BCUT2D eigenvalue weighted by Crippen LogP contribution is -2.52. The molecule has 0 aliphatic carbocycles. The van der Waals surface area contributed by atoms with Crippen molar-refractivity contribution in [1.82, 2.24) is 36.0 Å². The number of nitrogens with two attached hydrogens (primary N) is 1. The molecule has 5 heterocycles. The lowest BCUT2D eigenvalue weighted by atomic mass is 9.95. The summed E-state index contributed by atoms with van der Waals surface area (Å²) < 4.78 is 36.2. The largest absolute Gasteiger partial charge is 0.371 e.